The van der Waals surface area contributed by atoms with Crippen LogP contribution in [0.3, 0.4) is 0 Å². The number of aromatic hydroxyl groups is 1. The molecule has 3 rings (SSSR count). The van der Waals surface area contributed by atoms with Gasteiger partial charge in [-0.15, -0.1) is 0 Å². The summed E-state index contributed by atoms with van der Waals surface area (Å²) in [4.78, 5) is 36.6. The molecule has 0 atom stereocenters. The lowest BCUT2D eigenvalue weighted by Crippen LogP contribution is -2.36. The number of carbonyl (C=O) groups is 2. The third-order valence-electron chi connectivity index (χ3n) is 4.57. The van der Waals surface area contributed by atoms with Crippen LogP contribution in [0.5, 0.6) is 5.75 Å². The largest absolute Gasteiger partial charge is 0.507 e. The Morgan fingerprint density at radius 2 is 1.90 bits per heavy atom. The molecule has 10 nitrogen and oxygen atoms in total. The molecular weight excluding hydrogens is 382 g/mol. The van der Waals surface area contributed by atoms with Crippen molar-refractivity contribution in [3.63, 3.8) is 0 Å². The monoisotopic (exact) mass is 401 g/mol. The molecule has 3 N–H and O–H groups in total. The van der Waals surface area contributed by atoms with Gasteiger partial charge in [-0.05, 0) is 36.8 Å². The average molecular weight is 401 g/mol. The lowest BCUT2D eigenvalue weighted by Gasteiger charge is -2.28. The highest BCUT2D eigenvalue weighted by Gasteiger charge is 2.23. The minimum atomic E-state index is -1.34. The smallest absolute Gasteiger partial charge is 0.339 e. The van der Waals surface area contributed by atoms with Crippen molar-refractivity contribution in [2.75, 3.05) is 36.5 Å². The van der Waals surface area contributed by atoms with E-state index in [1.54, 1.807) is 0 Å². The topological polar surface area (TPSA) is 142 Å². The maximum atomic E-state index is 12.6. The molecule has 0 aliphatic carbocycles. The molecule has 1 aliphatic rings. The normalized spacial score (nSPS) is 13.8. The number of nitro benzene ring substituents is 1. The van der Waals surface area contributed by atoms with Gasteiger partial charge in [-0.25, -0.2) is 4.79 Å². The number of benzene rings is 2. The molecule has 2 aromatic carbocycles. The molecule has 1 fully saturated rings. The Hall–Kier alpha value is -3.66. The highest BCUT2D eigenvalue weighted by molar-refractivity contribution is 6.06. The molecule has 2 aromatic rings. The van der Waals surface area contributed by atoms with Crippen LogP contribution < -0.4 is 10.2 Å². The van der Waals surface area contributed by atoms with E-state index in [1.165, 1.54) is 31.2 Å². The van der Waals surface area contributed by atoms with Crippen LogP contribution >= 0.6 is 0 Å². The van der Waals surface area contributed by atoms with E-state index in [-0.39, 0.29) is 33.8 Å². The Morgan fingerprint density at radius 1 is 1.21 bits per heavy atom. The Labute approximate surface area is 165 Å². The van der Waals surface area contributed by atoms with Crippen LogP contribution in [0.4, 0.5) is 17.1 Å². The van der Waals surface area contributed by atoms with Gasteiger partial charge in [0.05, 0.1) is 18.1 Å². The van der Waals surface area contributed by atoms with Crippen molar-refractivity contribution in [3.05, 3.63) is 57.1 Å². The molecular formula is C19H19N3O7. The van der Waals surface area contributed by atoms with E-state index in [4.69, 9.17) is 9.84 Å². The summed E-state index contributed by atoms with van der Waals surface area (Å²) in [5.74, 6) is -2.36. The molecule has 152 valence electrons. The number of carboxylic acids is 1. The number of ether oxygens (including phenoxy) is 1. The van der Waals surface area contributed by atoms with E-state index in [2.05, 4.69) is 5.32 Å². The number of phenols is 1. The number of hydrogen-bond acceptors (Lipinski definition) is 7. The first-order chi connectivity index (χ1) is 13.8. The fraction of sp³-hybridized carbons (Fsp3) is 0.263. The van der Waals surface area contributed by atoms with E-state index < -0.39 is 16.8 Å². The number of anilines is 2. The third-order valence-corrected chi connectivity index (χ3v) is 4.57. The molecule has 0 saturated carbocycles. The number of amides is 1. The second kappa shape index (κ2) is 8.15. The van der Waals surface area contributed by atoms with Crippen LogP contribution in [0.2, 0.25) is 0 Å². The molecule has 0 spiro atoms. The number of nitrogens with zero attached hydrogens (tertiary/aromatic N) is 2. The number of hydrogen-bond donors (Lipinski definition) is 3. The highest BCUT2D eigenvalue weighted by atomic mass is 16.6. The number of aryl methyl sites for hydroxylation is 1. The summed E-state index contributed by atoms with van der Waals surface area (Å²) in [6, 6.07) is 6.71. The zero-order chi connectivity index (χ0) is 21.1. The summed E-state index contributed by atoms with van der Waals surface area (Å²) in [7, 11) is 0. The Morgan fingerprint density at radius 3 is 2.52 bits per heavy atom. The van der Waals surface area contributed by atoms with Crippen molar-refractivity contribution in [2.45, 2.75) is 6.92 Å². The fourth-order valence-electron chi connectivity index (χ4n) is 3.10. The Kier molecular flexibility index (Phi) is 5.64. The van der Waals surface area contributed by atoms with Crippen LogP contribution in [0.1, 0.15) is 26.3 Å². The molecule has 0 aromatic heterocycles. The quantitative estimate of drug-likeness (QED) is 0.394. The van der Waals surface area contributed by atoms with Crippen LogP contribution in [0, 0.1) is 17.0 Å². The van der Waals surface area contributed by atoms with Crippen molar-refractivity contribution in [2.24, 2.45) is 0 Å². The number of rotatable bonds is 5. The standard InChI is InChI=1S/C19H19N3O7/c1-11-8-13(10-14(17(11)23)19(25)26)20-18(24)12-2-3-15(16(9-12)22(27)28)21-4-6-29-7-5-21/h2-3,8-10,23H,4-7H2,1H3,(H,20,24)(H,25,26). The Balaban J connectivity index is 1.89. The van der Waals surface area contributed by atoms with E-state index >= 15 is 0 Å². The summed E-state index contributed by atoms with van der Waals surface area (Å²) in [5.41, 5.74) is 0.331. The maximum Gasteiger partial charge on any atom is 0.339 e. The maximum absolute atomic E-state index is 12.6. The van der Waals surface area contributed by atoms with Gasteiger partial charge in [0, 0.05) is 30.4 Å². The predicted molar refractivity (Wildman–Crippen MR) is 104 cm³/mol. The van der Waals surface area contributed by atoms with E-state index in [0.29, 0.717) is 32.0 Å². The van der Waals surface area contributed by atoms with Crippen LogP contribution in [0.15, 0.2) is 30.3 Å². The number of carboxylic acid groups (broad SMARTS) is 1. The van der Waals surface area contributed by atoms with Gasteiger partial charge in [0.15, 0.2) is 0 Å². The zero-order valence-corrected chi connectivity index (χ0v) is 15.5. The number of morpholine rings is 1. The number of carbonyl (C=O) groups excluding carboxylic acids is 1. The predicted octanol–water partition coefficient (Wildman–Crippen LogP) is 2.40. The van der Waals surface area contributed by atoms with Crippen molar-refractivity contribution in [1.82, 2.24) is 0 Å². The van der Waals surface area contributed by atoms with Crippen molar-refractivity contribution in [3.8, 4) is 5.75 Å². The summed E-state index contributed by atoms with van der Waals surface area (Å²) in [6.07, 6.45) is 0. The molecule has 1 saturated heterocycles. The Bertz CT molecular complexity index is 984. The van der Waals surface area contributed by atoms with E-state index in [9.17, 15) is 24.8 Å². The van der Waals surface area contributed by atoms with Crippen molar-refractivity contribution in [1.29, 1.82) is 0 Å². The second-order valence-electron chi connectivity index (χ2n) is 6.51. The van der Waals surface area contributed by atoms with Crippen molar-refractivity contribution >= 4 is 28.9 Å². The van der Waals surface area contributed by atoms with Crippen LogP contribution in [-0.2, 0) is 4.74 Å². The number of nitro groups is 1. The number of aromatic carboxylic acids is 1. The first-order valence-corrected chi connectivity index (χ1v) is 8.77. The first-order valence-electron chi connectivity index (χ1n) is 8.77. The van der Waals surface area contributed by atoms with Gasteiger partial charge in [-0.3, -0.25) is 14.9 Å². The zero-order valence-electron chi connectivity index (χ0n) is 15.5. The van der Waals surface area contributed by atoms with Gasteiger partial charge in [-0.2, -0.15) is 0 Å². The summed E-state index contributed by atoms with van der Waals surface area (Å²) in [5, 5.41) is 33.0. The van der Waals surface area contributed by atoms with Gasteiger partial charge >= 0.3 is 5.97 Å². The molecule has 10 heteroatoms. The van der Waals surface area contributed by atoms with Gasteiger partial charge in [-0.1, -0.05) is 0 Å². The molecule has 0 radical (unpaired) electrons. The minimum absolute atomic E-state index is 0.0521. The van der Waals surface area contributed by atoms with Crippen LogP contribution in [-0.4, -0.2) is 53.3 Å². The van der Waals surface area contributed by atoms with Crippen molar-refractivity contribution < 1.29 is 29.5 Å². The minimum Gasteiger partial charge on any atom is -0.507 e. The van der Waals surface area contributed by atoms with Gasteiger partial charge in [0.25, 0.3) is 11.6 Å². The lowest BCUT2D eigenvalue weighted by molar-refractivity contribution is -0.384. The lowest BCUT2D eigenvalue weighted by atomic mass is 10.1. The van der Waals surface area contributed by atoms with Gasteiger partial charge in [0.1, 0.15) is 17.0 Å². The average Bonchev–Trinajstić information content (AvgIpc) is 2.70. The third kappa shape index (κ3) is 4.27. The van der Waals surface area contributed by atoms with Crippen LogP contribution in [0.25, 0.3) is 0 Å². The van der Waals surface area contributed by atoms with Gasteiger partial charge < -0.3 is 25.2 Å². The number of nitrogens with one attached hydrogen (secondary N) is 1. The van der Waals surface area contributed by atoms with E-state index in [0.717, 1.165) is 6.07 Å². The summed E-state index contributed by atoms with van der Waals surface area (Å²) in [6.45, 7) is 3.45. The first kappa shape index (κ1) is 20.1. The SMILES string of the molecule is Cc1cc(NC(=O)c2ccc(N3CCOCC3)c([N+](=O)[O-])c2)cc(C(=O)O)c1O. The summed E-state index contributed by atoms with van der Waals surface area (Å²) >= 11 is 0. The summed E-state index contributed by atoms with van der Waals surface area (Å²) < 4.78 is 5.26. The molecule has 1 amide bonds. The molecule has 29 heavy (non-hydrogen) atoms. The molecule has 1 heterocycles. The molecule has 0 unspecified atom stereocenters. The van der Waals surface area contributed by atoms with E-state index in [1.807, 2.05) is 4.90 Å². The molecule has 1 aliphatic heterocycles. The second-order valence-corrected chi connectivity index (χ2v) is 6.51. The van der Waals surface area contributed by atoms with Gasteiger partial charge in [0.2, 0.25) is 0 Å². The highest BCUT2D eigenvalue weighted by Crippen LogP contribution is 2.31. The fourth-order valence-corrected chi connectivity index (χ4v) is 3.10. The molecule has 0 bridgehead atoms.